The molecule has 0 fully saturated rings. The maximum Gasteiger partial charge on any atom is 0.235 e. The molecule has 0 amide bonds. The number of para-hydroxylation sites is 1. The third kappa shape index (κ3) is 3.06. The summed E-state index contributed by atoms with van der Waals surface area (Å²) in [5.74, 6) is 2.73. The van der Waals surface area contributed by atoms with E-state index < -0.39 is 0 Å². The smallest absolute Gasteiger partial charge is 0.235 e. The average Bonchev–Trinajstić information content (AvgIpc) is 3.27. The van der Waals surface area contributed by atoms with E-state index in [1.54, 1.807) is 18.7 Å². The molecule has 2 aromatic carbocycles. The Balaban J connectivity index is 1.62. The van der Waals surface area contributed by atoms with E-state index in [9.17, 15) is 0 Å². The van der Waals surface area contributed by atoms with Crippen LogP contribution in [0.5, 0.6) is 17.2 Å². The first-order chi connectivity index (χ1) is 12.8. The summed E-state index contributed by atoms with van der Waals surface area (Å²) in [5.41, 5.74) is 0.843. The summed E-state index contributed by atoms with van der Waals surface area (Å²) in [6.07, 6.45) is 0. The number of methoxy groups -OCH3 is 2. The molecule has 8 heteroatoms. The predicted octanol–water partition coefficient (Wildman–Crippen LogP) is 3.45. The van der Waals surface area contributed by atoms with Gasteiger partial charge >= 0.3 is 0 Å². The number of hydrogen-bond donors (Lipinski definition) is 0. The third-order valence-electron chi connectivity index (χ3n) is 3.78. The van der Waals surface area contributed by atoms with Crippen LogP contribution in [-0.4, -0.2) is 34.0 Å². The van der Waals surface area contributed by atoms with Gasteiger partial charge in [0.2, 0.25) is 4.96 Å². The van der Waals surface area contributed by atoms with Gasteiger partial charge in [-0.05, 0) is 30.3 Å². The molecule has 2 aromatic heterocycles. The molecule has 4 rings (SSSR count). The van der Waals surface area contributed by atoms with E-state index in [1.165, 1.54) is 11.3 Å². The first-order valence-corrected chi connectivity index (χ1v) is 8.71. The van der Waals surface area contributed by atoms with Gasteiger partial charge in [0.25, 0.3) is 0 Å². The van der Waals surface area contributed by atoms with Crippen molar-refractivity contribution in [3.05, 3.63) is 53.5 Å². The van der Waals surface area contributed by atoms with Crippen molar-refractivity contribution in [3.8, 4) is 28.6 Å². The van der Waals surface area contributed by atoms with Crippen LogP contribution in [0.3, 0.4) is 0 Å². The number of benzene rings is 2. The second-order valence-corrected chi connectivity index (χ2v) is 6.43. The highest BCUT2D eigenvalue weighted by Gasteiger charge is 2.15. The molecular formula is C18H16N4O3S. The Morgan fingerprint density at radius 1 is 0.962 bits per heavy atom. The van der Waals surface area contributed by atoms with E-state index in [4.69, 9.17) is 14.2 Å². The number of rotatable bonds is 6. The predicted molar refractivity (Wildman–Crippen MR) is 98.0 cm³/mol. The van der Waals surface area contributed by atoms with Crippen LogP contribution in [0, 0.1) is 0 Å². The van der Waals surface area contributed by atoms with Crippen molar-refractivity contribution in [2.24, 2.45) is 0 Å². The van der Waals surface area contributed by atoms with Gasteiger partial charge in [-0.15, -0.1) is 10.2 Å². The molecule has 0 N–H and O–H groups in total. The molecule has 0 aliphatic heterocycles. The fourth-order valence-corrected chi connectivity index (χ4v) is 3.28. The molecule has 0 aliphatic carbocycles. The molecule has 0 saturated heterocycles. The van der Waals surface area contributed by atoms with Gasteiger partial charge in [-0.2, -0.15) is 9.61 Å². The third-order valence-corrected chi connectivity index (χ3v) is 4.65. The molecule has 0 aliphatic rings. The summed E-state index contributed by atoms with van der Waals surface area (Å²) in [6.45, 7) is 0.378. The van der Waals surface area contributed by atoms with Crippen molar-refractivity contribution in [1.29, 1.82) is 0 Å². The van der Waals surface area contributed by atoms with Gasteiger partial charge < -0.3 is 14.2 Å². The Kier molecular flexibility index (Phi) is 4.40. The summed E-state index contributed by atoms with van der Waals surface area (Å²) >= 11 is 1.45. The van der Waals surface area contributed by atoms with Gasteiger partial charge in [0.05, 0.1) is 14.2 Å². The fraction of sp³-hybridized carbons (Fsp3) is 0.167. The second kappa shape index (κ2) is 7.01. The molecule has 0 spiro atoms. The van der Waals surface area contributed by atoms with Crippen LogP contribution in [-0.2, 0) is 6.61 Å². The largest absolute Gasteiger partial charge is 0.493 e. The quantitative estimate of drug-likeness (QED) is 0.519. The van der Waals surface area contributed by atoms with Gasteiger partial charge in [0, 0.05) is 5.56 Å². The Bertz CT molecular complexity index is 1030. The van der Waals surface area contributed by atoms with Crippen molar-refractivity contribution < 1.29 is 14.2 Å². The first kappa shape index (κ1) is 16.3. The Labute approximate surface area is 153 Å². The van der Waals surface area contributed by atoms with Gasteiger partial charge in [-0.25, -0.2) is 0 Å². The molecule has 0 saturated carbocycles. The lowest BCUT2D eigenvalue weighted by Crippen LogP contribution is -1.98. The Hall–Kier alpha value is -3.13. The molecule has 7 nitrogen and oxygen atoms in total. The van der Waals surface area contributed by atoms with E-state index in [0.29, 0.717) is 28.9 Å². The van der Waals surface area contributed by atoms with Crippen molar-refractivity contribution in [3.63, 3.8) is 0 Å². The van der Waals surface area contributed by atoms with Crippen LogP contribution in [0.15, 0.2) is 48.5 Å². The minimum absolute atomic E-state index is 0.378. The summed E-state index contributed by atoms with van der Waals surface area (Å²) in [6, 6.07) is 15.2. The lowest BCUT2D eigenvalue weighted by molar-refractivity contribution is 0.304. The zero-order valence-electron chi connectivity index (χ0n) is 14.2. The topological polar surface area (TPSA) is 70.8 Å². The van der Waals surface area contributed by atoms with Crippen LogP contribution in [0.1, 0.15) is 5.01 Å². The first-order valence-electron chi connectivity index (χ1n) is 7.90. The highest BCUT2D eigenvalue weighted by Crippen LogP contribution is 2.32. The van der Waals surface area contributed by atoms with Gasteiger partial charge in [0.1, 0.15) is 12.4 Å². The fourth-order valence-electron chi connectivity index (χ4n) is 2.53. The van der Waals surface area contributed by atoms with Crippen LogP contribution in [0.2, 0.25) is 0 Å². The maximum absolute atomic E-state index is 5.75. The normalized spacial score (nSPS) is 10.8. The summed E-state index contributed by atoms with van der Waals surface area (Å²) in [5, 5.41) is 13.8. The van der Waals surface area contributed by atoms with Crippen molar-refractivity contribution in [2.75, 3.05) is 14.2 Å². The Morgan fingerprint density at radius 3 is 2.54 bits per heavy atom. The number of aromatic nitrogens is 4. The minimum Gasteiger partial charge on any atom is -0.493 e. The number of nitrogens with zero attached hydrogens (tertiary/aromatic N) is 4. The monoisotopic (exact) mass is 368 g/mol. The minimum atomic E-state index is 0.378. The average molecular weight is 368 g/mol. The summed E-state index contributed by atoms with van der Waals surface area (Å²) < 4.78 is 18.1. The molecular weight excluding hydrogens is 352 g/mol. The van der Waals surface area contributed by atoms with E-state index in [0.717, 1.165) is 16.3 Å². The van der Waals surface area contributed by atoms with Gasteiger partial charge in [-0.1, -0.05) is 29.5 Å². The number of ether oxygens (including phenoxy) is 3. The number of fused-ring (bicyclic) bond motifs is 1. The molecule has 0 bridgehead atoms. The van der Waals surface area contributed by atoms with Crippen molar-refractivity contribution >= 4 is 16.3 Å². The number of hydrogen-bond acceptors (Lipinski definition) is 7. The highest BCUT2D eigenvalue weighted by atomic mass is 32.1. The molecule has 0 atom stereocenters. The molecule has 26 heavy (non-hydrogen) atoms. The van der Waals surface area contributed by atoms with Crippen LogP contribution >= 0.6 is 11.3 Å². The van der Waals surface area contributed by atoms with E-state index in [1.807, 2.05) is 48.5 Å². The molecule has 132 valence electrons. The van der Waals surface area contributed by atoms with Crippen LogP contribution in [0.25, 0.3) is 16.3 Å². The second-order valence-electron chi connectivity index (χ2n) is 5.39. The molecule has 0 unspecified atom stereocenters. The van der Waals surface area contributed by atoms with E-state index >= 15 is 0 Å². The van der Waals surface area contributed by atoms with Crippen molar-refractivity contribution in [2.45, 2.75) is 6.61 Å². The summed E-state index contributed by atoms with van der Waals surface area (Å²) in [7, 11) is 3.20. The lowest BCUT2D eigenvalue weighted by Gasteiger charge is -2.08. The van der Waals surface area contributed by atoms with E-state index in [2.05, 4.69) is 15.3 Å². The van der Waals surface area contributed by atoms with Gasteiger partial charge in [0.15, 0.2) is 22.3 Å². The zero-order chi connectivity index (χ0) is 17.9. The maximum atomic E-state index is 5.75. The zero-order valence-corrected chi connectivity index (χ0v) is 15.1. The standard InChI is InChI=1S/C18H16N4O3S/c1-23-14-9-8-12(10-15(14)24-2)17-19-20-18-22(17)21-16(26-18)11-25-13-6-4-3-5-7-13/h3-10H,11H2,1-2H3. The van der Waals surface area contributed by atoms with Crippen LogP contribution < -0.4 is 14.2 Å². The molecule has 2 heterocycles. The molecule has 0 radical (unpaired) electrons. The van der Waals surface area contributed by atoms with Crippen LogP contribution in [0.4, 0.5) is 0 Å². The summed E-state index contributed by atoms with van der Waals surface area (Å²) in [4.78, 5) is 0.710. The van der Waals surface area contributed by atoms with E-state index in [-0.39, 0.29) is 0 Å². The molecule has 4 aromatic rings. The Morgan fingerprint density at radius 2 is 1.77 bits per heavy atom. The lowest BCUT2D eigenvalue weighted by atomic mass is 10.2. The van der Waals surface area contributed by atoms with Gasteiger partial charge in [-0.3, -0.25) is 0 Å². The highest BCUT2D eigenvalue weighted by molar-refractivity contribution is 7.16. The SMILES string of the molecule is COc1ccc(-c2nnc3sc(COc4ccccc4)nn23)cc1OC. The van der Waals surface area contributed by atoms with Crippen molar-refractivity contribution in [1.82, 2.24) is 19.8 Å².